The number of nitrogens with one attached hydrogen (secondary N) is 3. The quantitative estimate of drug-likeness (QED) is 0.229. The van der Waals surface area contributed by atoms with E-state index in [0.717, 1.165) is 39.1 Å². The number of anilines is 2. The largest absolute Gasteiger partial charge is 0.495 e. The molecule has 0 bridgehead atoms. The van der Waals surface area contributed by atoms with Crippen LogP contribution < -0.4 is 15.4 Å². The highest BCUT2D eigenvalue weighted by atomic mass is 16.5. The monoisotopic (exact) mass is 498 g/mol. The summed E-state index contributed by atoms with van der Waals surface area (Å²) in [5.74, 6) is 2.33. The van der Waals surface area contributed by atoms with Crippen LogP contribution in [0.3, 0.4) is 0 Å². The van der Waals surface area contributed by atoms with Gasteiger partial charge in [0.1, 0.15) is 17.4 Å². The Morgan fingerprint density at radius 3 is 2.54 bits per heavy atom. The van der Waals surface area contributed by atoms with Crippen molar-refractivity contribution < 1.29 is 9.84 Å². The third-order valence-electron chi connectivity index (χ3n) is 6.74. The zero-order chi connectivity index (χ0) is 26.7. The molecule has 0 spiro atoms. The number of aromatic nitrogens is 3. The molecular weight excluding hydrogens is 464 g/mol. The van der Waals surface area contributed by atoms with Crippen LogP contribution in [0.15, 0.2) is 61.1 Å². The van der Waals surface area contributed by atoms with Gasteiger partial charge in [0.25, 0.3) is 0 Å². The Balaban J connectivity index is 1.61. The van der Waals surface area contributed by atoms with Gasteiger partial charge < -0.3 is 30.5 Å². The highest BCUT2D eigenvalue weighted by Crippen LogP contribution is 2.33. The lowest BCUT2D eigenvalue weighted by molar-refractivity contribution is 0.0493. The number of hydrogen-bond donors (Lipinski definition) is 4. The van der Waals surface area contributed by atoms with E-state index in [0.29, 0.717) is 17.1 Å². The van der Waals surface area contributed by atoms with Crippen LogP contribution in [-0.4, -0.2) is 44.6 Å². The molecule has 2 heterocycles. The summed E-state index contributed by atoms with van der Waals surface area (Å²) in [6.07, 6.45) is 6.76. The average molecular weight is 499 g/mol. The van der Waals surface area contributed by atoms with Gasteiger partial charge in [0.15, 0.2) is 0 Å². The van der Waals surface area contributed by atoms with E-state index in [1.165, 1.54) is 6.21 Å². The Hall–Kier alpha value is -4.17. The fourth-order valence-corrected chi connectivity index (χ4v) is 3.88. The van der Waals surface area contributed by atoms with E-state index in [4.69, 9.17) is 10.1 Å². The number of benzene rings is 2. The minimum absolute atomic E-state index is 0.175. The summed E-state index contributed by atoms with van der Waals surface area (Å²) >= 11 is 0. The number of ether oxygens (including phenoxy) is 1. The zero-order valence-electron chi connectivity index (χ0n) is 22.1. The summed E-state index contributed by atoms with van der Waals surface area (Å²) in [5.41, 5.74) is 3.56. The van der Waals surface area contributed by atoms with E-state index < -0.39 is 5.60 Å². The highest BCUT2D eigenvalue weighted by Gasteiger charge is 2.21. The molecule has 2 aromatic heterocycles. The minimum Gasteiger partial charge on any atom is -0.495 e. The third kappa shape index (κ3) is 5.65. The molecule has 0 fully saturated rings. The molecule has 0 radical (unpaired) electrons. The Labute approximate surface area is 217 Å². The van der Waals surface area contributed by atoms with Gasteiger partial charge >= 0.3 is 0 Å². The van der Waals surface area contributed by atoms with Crippen LogP contribution in [0.1, 0.15) is 32.2 Å². The van der Waals surface area contributed by atoms with Crippen molar-refractivity contribution in [3.8, 4) is 17.0 Å². The average Bonchev–Trinajstić information content (AvgIpc) is 3.21. The van der Waals surface area contributed by atoms with Crippen LogP contribution in [0.4, 0.5) is 11.5 Å². The van der Waals surface area contributed by atoms with Crippen LogP contribution in [0.2, 0.25) is 0 Å². The number of allylic oxidation sites excluding steroid dienone is 1. The molecule has 2 aromatic carbocycles. The molecule has 37 heavy (non-hydrogen) atoms. The molecule has 0 saturated heterocycles. The fourth-order valence-electron chi connectivity index (χ4n) is 3.88. The first-order chi connectivity index (χ1) is 17.6. The van der Waals surface area contributed by atoms with E-state index in [-0.39, 0.29) is 6.04 Å². The summed E-state index contributed by atoms with van der Waals surface area (Å²) in [4.78, 5) is 8.96. The first-order valence-corrected chi connectivity index (χ1v) is 12.1. The van der Waals surface area contributed by atoms with Crippen LogP contribution >= 0.6 is 0 Å². The lowest BCUT2D eigenvalue weighted by Gasteiger charge is -2.26. The van der Waals surface area contributed by atoms with Crippen molar-refractivity contribution in [3.63, 3.8) is 0 Å². The van der Waals surface area contributed by atoms with Crippen molar-refractivity contribution in [1.82, 2.24) is 19.9 Å². The SMILES string of the molecule is COc1cc(-c2cnc(C)n2C)ccc1Nc1cc2cc(/C(C=N)=C/NC(C)C(C)(C)O)ccc2cn1. The van der Waals surface area contributed by atoms with Gasteiger partial charge in [-0.25, -0.2) is 9.97 Å². The van der Waals surface area contributed by atoms with Gasteiger partial charge in [-0.3, -0.25) is 0 Å². The van der Waals surface area contributed by atoms with E-state index in [1.807, 2.05) is 80.3 Å². The van der Waals surface area contributed by atoms with E-state index >= 15 is 0 Å². The maximum absolute atomic E-state index is 10.2. The Kier molecular flexibility index (Phi) is 7.31. The number of fused-ring (bicyclic) bond motifs is 1. The number of nitrogens with zero attached hydrogens (tertiary/aromatic N) is 3. The molecule has 0 aliphatic rings. The maximum atomic E-state index is 10.2. The van der Waals surface area contributed by atoms with Crippen LogP contribution in [0.5, 0.6) is 5.75 Å². The van der Waals surface area contributed by atoms with Gasteiger partial charge in [-0.15, -0.1) is 0 Å². The molecule has 8 nitrogen and oxygen atoms in total. The molecule has 0 amide bonds. The molecule has 8 heteroatoms. The topological polar surface area (TPSA) is 108 Å². The first kappa shape index (κ1) is 25.9. The maximum Gasteiger partial charge on any atom is 0.143 e. The van der Waals surface area contributed by atoms with Gasteiger partial charge in [-0.1, -0.05) is 18.2 Å². The van der Waals surface area contributed by atoms with Crippen molar-refractivity contribution >= 4 is 34.1 Å². The van der Waals surface area contributed by atoms with Crippen molar-refractivity contribution in [2.45, 2.75) is 39.3 Å². The van der Waals surface area contributed by atoms with Gasteiger partial charge in [-0.2, -0.15) is 0 Å². The summed E-state index contributed by atoms with van der Waals surface area (Å²) in [5, 5.41) is 26.6. The predicted molar refractivity (Wildman–Crippen MR) is 151 cm³/mol. The summed E-state index contributed by atoms with van der Waals surface area (Å²) in [6.45, 7) is 7.38. The Bertz CT molecular complexity index is 1470. The number of rotatable bonds is 9. The van der Waals surface area contributed by atoms with E-state index in [1.54, 1.807) is 27.2 Å². The predicted octanol–water partition coefficient (Wildman–Crippen LogP) is 5.44. The van der Waals surface area contributed by atoms with Crippen LogP contribution in [-0.2, 0) is 7.05 Å². The number of aryl methyl sites for hydroxylation is 1. The smallest absolute Gasteiger partial charge is 0.143 e. The van der Waals surface area contributed by atoms with Crippen LogP contribution in [0, 0.1) is 12.3 Å². The number of pyridine rings is 1. The fraction of sp³-hybridized carbons (Fsp3) is 0.276. The normalized spacial score (nSPS) is 12.9. The molecule has 192 valence electrons. The summed E-state index contributed by atoms with van der Waals surface area (Å²) < 4.78 is 7.72. The van der Waals surface area contributed by atoms with E-state index in [9.17, 15) is 5.11 Å². The number of aliphatic hydroxyl groups is 1. The number of hydrogen-bond acceptors (Lipinski definition) is 7. The Morgan fingerprint density at radius 2 is 1.89 bits per heavy atom. The molecule has 4 rings (SSSR count). The molecule has 0 saturated carbocycles. The second-order valence-corrected chi connectivity index (χ2v) is 9.71. The van der Waals surface area contributed by atoms with Crippen molar-refractivity contribution in [3.05, 3.63) is 72.4 Å². The van der Waals surface area contributed by atoms with E-state index in [2.05, 4.69) is 20.6 Å². The summed E-state index contributed by atoms with van der Waals surface area (Å²) in [6, 6.07) is 13.8. The lowest BCUT2D eigenvalue weighted by Crippen LogP contribution is -2.42. The van der Waals surface area contributed by atoms with Gasteiger partial charge in [0, 0.05) is 42.2 Å². The van der Waals surface area contributed by atoms with Crippen molar-refractivity contribution in [2.24, 2.45) is 7.05 Å². The van der Waals surface area contributed by atoms with Gasteiger partial charge in [0.2, 0.25) is 0 Å². The van der Waals surface area contributed by atoms with Crippen molar-refractivity contribution in [2.75, 3.05) is 12.4 Å². The van der Waals surface area contributed by atoms with Gasteiger partial charge in [-0.05, 0) is 62.9 Å². The standard InChI is InChI=1S/C29H34N6O2/c1-18(29(3,4)36)31-16-24(14-30)20-7-8-22-15-33-28(13-23(22)11-20)34-25-10-9-21(12-27(25)37-6)26-17-32-19(2)35(26)5/h7-18,30-31,36H,1-6H3,(H,33,34)/b24-16+,30-14?. The molecule has 4 N–H and O–H groups in total. The molecular formula is C29H34N6O2. The molecule has 4 aromatic rings. The molecule has 1 unspecified atom stereocenters. The Morgan fingerprint density at radius 1 is 1.11 bits per heavy atom. The van der Waals surface area contributed by atoms with Gasteiger partial charge in [0.05, 0.1) is 36.3 Å². The lowest BCUT2D eigenvalue weighted by atomic mass is 10.0. The molecule has 1 atom stereocenters. The minimum atomic E-state index is -0.880. The number of imidazole rings is 1. The van der Waals surface area contributed by atoms with Crippen LogP contribution in [0.25, 0.3) is 27.6 Å². The molecule has 0 aliphatic carbocycles. The second kappa shape index (κ2) is 10.4. The van der Waals surface area contributed by atoms with Crippen molar-refractivity contribution in [1.29, 1.82) is 5.41 Å². The molecule has 0 aliphatic heterocycles. The number of methoxy groups -OCH3 is 1. The zero-order valence-corrected chi connectivity index (χ0v) is 22.1. The summed E-state index contributed by atoms with van der Waals surface area (Å²) in [7, 11) is 3.64. The third-order valence-corrected chi connectivity index (χ3v) is 6.74. The first-order valence-electron chi connectivity index (χ1n) is 12.1. The second-order valence-electron chi connectivity index (χ2n) is 9.71. The highest BCUT2D eigenvalue weighted by molar-refractivity contribution is 6.09.